The van der Waals surface area contributed by atoms with Crippen LogP contribution in [0.25, 0.3) is 38.2 Å². The second kappa shape index (κ2) is 5.93. The third-order valence-corrected chi connectivity index (χ3v) is 5.29. The van der Waals surface area contributed by atoms with Crippen LogP contribution < -0.4 is 10.5 Å². The molecule has 0 aliphatic rings. The smallest absolute Gasteiger partial charge is 0.264 e. The predicted octanol–water partition coefficient (Wildman–Crippen LogP) is 3.67. The number of hydrogen-bond acceptors (Lipinski definition) is 4. The van der Waals surface area contributed by atoms with Gasteiger partial charge in [0.25, 0.3) is 5.56 Å². The standard InChI is InChI=1S/C22H19N3O2/c1-24(12-13-27-2)18-11-10-15-20-14(18)6-5-7-16(20)22(26)25-19-9-4-3-8-17(19)23-21(15)25/h3-11H,12-13H2,1-2H3. The molecule has 0 spiro atoms. The van der Waals surface area contributed by atoms with E-state index in [-0.39, 0.29) is 5.56 Å². The molecule has 5 rings (SSSR count). The highest BCUT2D eigenvalue weighted by Crippen LogP contribution is 2.35. The number of ether oxygens (including phenoxy) is 1. The van der Waals surface area contributed by atoms with Crippen LogP contribution >= 0.6 is 0 Å². The molecular weight excluding hydrogens is 338 g/mol. The fraction of sp³-hybridized carbons (Fsp3) is 0.182. The maximum atomic E-state index is 13.3. The average Bonchev–Trinajstić information content (AvgIpc) is 3.09. The molecule has 2 aromatic heterocycles. The molecule has 0 saturated carbocycles. The number of fused-ring (bicyclic) bond motifs is 4. The Bertz CT molecular complexity index is 1360. The van der Waals surface area contributed by atoms with Gasteiger partial charge in [-0.15, -0.1) is 0 Å². The summed E-state index contributed by atoms with van der Waals surface area (Å²) in [6, 6.07) is 17.9. The molecule has 5 nitrogen and oxygen atoms in total. The lowest BCUT2D eigenvalue weighted by molar-refractivity contribution is 0.206. The fourth-order valence-corrected chi connectivity index (χ4v) is 3.97. The number of likely N-dealkylation sites (N-methyl/N-ethyl adjacent to an activating group) is 1. The highest BCUT2D eigenvalue weighted by atomic mass is 16.5. The second-order valence-electron chi connectivity index (χ2n) is 6.84. The molecule has 0 saturated heterocycles. The van der Waals surface area contributed by atoms with E-state index >= 15 is 0 Å². The normalized spacial score (nSPS) is 11.9. The summed E-state index contributed by atoms with van der Waals surface area (Å²) >= 11 is 0. The van der Waals surface area contributed by atoms with Crippen molar-refractivity contribution in [1.29, 1.82) is 0 Å². The van der Waals surface area contributed by atoms with E-state index in [0.29, 0.717) is 6.61 Å². The zero-order valence-corrected chi connectivity index (χ0v) is 15.3. The van der Waals surface area contributed by atoms with Crippen molar-refractivity contribution >= 4 is 43.9 Å². The van der Waals surface area contributed by atoms with Crippen LogP contribution in [0.5, 0.6) is 0 Å². The fourth-order valence-electron chi connectivity index (χ4n) is 3.97. The Morgan fingerprint density at radius 2 is 1.81 bits per heavy atom. The topological polar surface area (TPSA) is 46.8 Å². The van der Waals surface area contributed by atoms with Crippen molar-refractivity contribution < 1.29 is 4.74 Å². The molecule has 0 radical (unpaired) electrons. The molecule has 0 bridgehead atoms. The van der Waals surface area contributed by atoms with Crippen LogP contribution in [0.4, 0.5) is 5.69 Å². The number of pyridine rings is 1. The molecular formula is C22H19N3O2. The molecule has 0 unspecified atom stereocenters. The van der Waals surface area contributed by atoms with Gasteiger partial charge in [0.1, 0.15) is 5.65 Å². The SMILES string of the molecule is COCCN(C)c1ccc2c3c1cccc3c(=O)n1c3ccccc3nc21. The summed E-state index contributed by atoms with van der Waals surface area (Å²) in [5.74, 6) is 0. The van der Waals surface area contributed by atoms with Crippen LogP contribution in [0, 0.1) is 0 Å². The quantitative estimate of drug-likeness (QED) is 0.492. The van der Waals surface area contributed by atoms with Crippen molar-refractivity contribution in [2.24, 2.45) is 0 Å². The second-order valence-corrected chi connectivity index (χ2v) is 6.84. The molecule has 5 heteroatoms. The molecule has 0 atom stereocenters. The van der Waals surface area contributed by atoms with E-state index in [2.05, 4.69) is 23.1 Å². The van der Waals surface area contributed by atoms with Crippen molar-refractivity contribution in [2.45, 2.75) is 0 Å². The highest BCUT2D eigenvalue weighted by molar-refractivity contribution is 6.18. The van der Waals surface area contributed by atoms with Gasteiger partial charge in [-0.3, -0.25) is 9.20 Å². The number of nitrogens with zero attached hydrogens (tertiary/aromatic N) is 3. The summed E-state index contributed by atoms with van der Waals surface area (Å²) < 4.78 is 6.95. The molecule has 0 fully saturated rings. The van der Waals surface area contributed by atoms with E-state index in [1.807, 2.05) is 43.4 Å². The van der Waals surface area contributed by atoms with Crippen LogP contribution in [0.1, 0.15) is 0 Å². The lowest BCUT2D eigenvalue weighted by Crippen LogP contribution is -2.22. The number of para-hydroxylation sites is 2. The minimum absolute atomic E-state index is 0.0199. The predicted molar refractivity (Wildman–Crippen MR) is 110 cm³/mol. The zero-order chi connectivity index (χ0) is 18.5. The molecule has 0 aliphatic heterocycles. The summed E-state index contributed by atoms with van der Waals surface area (Å²) in [6.07, 6.45) is 0. The number of aromatic nitrogens is 2. The van der Waals surface area contributed by atoms with Gasteiger partial charge < -0.3 is 9.64 Å². The Hall–Kier alpha value is -3.18. The Labute approximate surface area is 155 Å². The van der Waals surface area contributed by atoms with E-state index < -0.39 is 0 Å². The number of rotatable bonds is 4. The maximum Gasteiger partial charge on any atom is 0.264 e. The zero-order valence-electron chi connectivity index (χ0n) is 15.3. The van der Waals surface area contributed by atoms with Crippen molar-refractivity contribution in [3.8, 4) is 0 Å². The molecule has 0 amide bonds. The van der Waals surface area contributed by atoms with Gasteiger partial charge in [-0.25, -0.2) is 4.98 Å². The lowest BCUT2D eigenvalue weighted by Gasteiger charge is -2.21. The number of hydrogen-bond donors (Lipinski definition) is 0. The van der Waals surface area contributed by atoms with Crippen molar-refractivity contribution in [2.75, 3.05) is 32.2 Å². The van der Waals surface area contributed by atoms with Gasteiger partial charge in [0.05, 0.1) is 17.6 Å². The largest absolute Gasteiger partial charge is 0.383 e. The molecule has 2 heterocycles. The first kappa shape index (κ1) is 16.0. The van der Waals surface area contributed by atoms with Crippen molar-refractivity contribution in [3.05, 3.63) is 65.0 Å². The maximum absolute atomic E-state index is 13.3. The molecule has 134 valence electrons. The van der Waals surface area contributed by atoms with E-state index in [4.69, 9.17) is 9.72 Å². The van der Waals surface area contributed by atoms with Gasteiger partial charge in [-0.2, -0.15) is 0 Å². The van der Waals surface area contributed by atoms with Crippen molar-refractivity contribution in [1.82, 2.24) is 9.38 Å². The van der Waals surface area contributed by atoms with Gasteiger partial charge in [0.15, 0.2) is 0 Å². The molecule has 27 heavy (non-hydrogen) atoms. The molecule has 5 aromatic rings. The molecule has 0 N–H and O–H groups in total. The number of methoxy groups -OCH3 is 1. The number of anilines is 1. The third kappa shape index (κ3) is 2.22. The van der Waals surface area contributed by atoms with Crippen LogP contribution in [-0.2, 0) is 4.74 Å². The third-order valence-electron chi connectivity index (χ3n) is 5.29. The van der Waals surface area contributed by atoms with Gasteiger partial charge in [-0.05, 0) is 30.3 Å². The number of imidazole rings is 1. The summed E-state index contributed by atoms with van der Waals surface area (Å²) in [6.45, 7) is 1.43. The first-order valence-corrected chi connectivity index (χ1v) is 8.99. The molecule has 3 aromatic carbocycles. The first-order valence-electron chi connectivity index (χ1n) is 8.99. The van der Waals surface area contributed by atoms with E-state index in [9.17, 15) is 4.79 Å². The summed E-state index contributed by atoms with van der Waals surface area (Å²) in [4.78, 5) is 20.2. The Morgan fingerprint density at radius 3 is 2.67 bits per heavy atom. The van der Waals surface area contributed by atoms with E-state index in [0.717, 1.165) is 50.5 Å². The van der Waals surface area contributed by atoms with Gasteiger partial charge >= 0.3 is 0 Å². The van der Waals surface area contributed by atoms with E-state index in [1.54, 1.807) is 11.5 Å². The van der Waals surface area contributed by atoms with Gasteiger partial charge in [-0.1, -0.05) is 24.3 Å². The Kier molecular flexibility index (Phi) is 3.52. The summed E-state index contributed by atoms with van der Waals surface area (Å²) in [5.41, 5.74) is 3.47. The van der Waals surface area contributed by atoms with Crippen LogP contribution in [0.2, 0.25) is 0 Å². The Morgan fingerprint density at radius 1 is 1.00 bits per heavy atom. The average molecular weight is 357 g/mol. The van der Waals surface area contributed by atoms with Crippen LogP contribution in [0.15, 0.2) is 59.4 Å². The Balaban J connectivity index is 1.93. The minimum Gasteiger partial charge on any atom is -0.383 e. The first-order chi connectivity index (χ1) is 13.2. The van der Waals surface area contributed by atoms with E-state index in [1.165, 1.54) is 0 Å². The number of benzene rings is 3. The monoisotopic (exact) mass is 357 g/mol. The van der Waals surface area contributed by atoms with Crippen LogP contribution in [0.3, 0.4) is 0 Å². The summed E-state index contributed by atoms with van der Waals surface area (Å²) in [5, 5.41) is 3.77. The lowest BCUT2D eigenvalue weighted by atomic mass is 10.0. The summed E-state index contributed by atoms with van der Waals surface area (Å²) in [7, 11) is 3.75. The van der Waals surface area contributed by atoms with Gasteiger partial charge in [0.2, 0.25) is 0 Å². The van der Waals surface area contributed by atoms with Gasteiger partial charge in [0, 0.05) is 47.9 Å². The highest BCUT2D eigenvalue weighted by Gasteiger charge is 2.18. The van der Waals surface area contributed by atoms with Crippen molar-refractivity contribution in [3.63, 3.8) is 0 Å². The van der Waals surface area contributed by atoms with Crippen LogP contribution in [-0.4, -0.2) is 36.7 Å². The minimum atomic E-state index is -0.0199. The molecule has 0 aliphatic carbocycles.